The second-order valence-electron chi connectivity index (χ2n) is 3.90. The van der Waals surface area contributed by atoms with Gasteiger partial charge < -0.3 is 5.11 Å². The van der Waals surface area contributed by atoms with Gasteiger partial charge in [0.2, 0.25) is 0 Å². The molecular formula is C12H15NO4. The van der Waals surface area contributed by atoms with E-state index < -0.39 is 16.9 Å². The zero-order chi connectivity index (χ0) is 13.0. The molecule has 1 aromatic carbocycles. The molecule has 0 amide bonds. The number of hydrogen-bond donors (Lipinski definition) is 1. The van der Waals surface area contributed by atoms with Crippen LogP contribution < -0.4 is 0 Å². The summed E-state index contributed by atoms with van der Waals surface area (Å²) in [6, 6.07) is 5.59. The summed E-state index contributed by atoms with van der Waals surface area (Å²) in [5.41, 5.74) is 0.486. The standard InChI is InChI=1S/C12H15NO4/c1-3-11(14)8(2)12(15)9-4-6-10(7-5-9)13(16)17/h4-8,12,15H,3H2,1-2H3/t8-,12+/m1/s1. The van der Waals surface area contributed by atoms with E-state index in [-0.39, 0.29) is 11.5 Å². The molecule has 0 bridgehead atoms. The van der Waals surface area contributed by atoms with Crippen molar-refractivity contribution in [3.8, 4) is 0 Å². The van der Waals surface area contributed by atoms with Gasteiger partial charge in [-0.1, -0.05) is 13.8 Å². The third-order valence-corrected chi connectivity index (χ3v) is 2.78. The lowest BCUT2D eigenvalue weighted by atomic mass is 9.92. The van der Waals surface area contributed by atoms with E-state index in [1.54, 1.807) is 13.8 Å². The Morgan fingerprint density at radius 1 is 1.41 bits per heavy atom. The molecule has 0 aliphatic carbocycles. The number of aliphatic hydroxyl groups is 1. The first-order valence-corrected chi connectivity index (χ1v) is 5.42. The van der Waals surface area contributed by atoms with E-state index in [9.17, 15) is 20.0 Å². The first-order valence-electron chi connectivity index (χ1n) is 5.42. The van der Waals surface area contributed by atoms with Crippen molar-refractivity contribution >= 4 is 11.5 Å². The van der Waals surface area contributed by atoms with Crippen LogP contribution in [0.3, 0.4) is 0 Å². The van der Waals surface area contributed by atoms with E-state index >= 15 is 0 Å². The van der Waals surface area contributed by atoms with Crippen molar-refractivity contribution in [3.05, 3.63) is 39.9 Å². The molecule has 1 N–H and O–H groups in total. The maximum absolute atomic E-state index is 11.4. The number of nitro benzene ring substituents is 1. The van der Waals surface area contributed by atoms with Gasteiger partial charge in [0, 0.05) is 24.5 Å². The predicted octanol–water partition coefficient (Wildman–Crippen LogP) is 2.24. The third-order valence-electron chi connectivity index (χ3n) is 2.78. The number of carbonyl (C=O) groups is 1. The molecule has 0 saturated heterocycles. The summed E-state index contributed by atoms with van der Waals surface area (Å²) in [5, 5.41) is 20.4. The van der Waals surface area contributed by atoms with Crippen molar-refractivity contribution < 1.29 is 14.8 Å². The van der Waals surface area contributed by atoms with E-state index in [2.05, 4.69) is 0 Å². The highest BCUT2D eigenvalue weighted by molar-refractivity contribution is 5.81. The number of ketones is 1. The van der Waals surface area contributed by atoms with E-state index in [4.69, 9.17) is 0 Å². The first-order chi connectivity index (χ1) is 7.97. The average molecular weight is 237 g/mol. The number of non-ortho nitro benzene ring substituents is 1. The minimum absolute atomic E-state index is 0.0316. The molecule has 5 heteroatoms. The smallest absolute Gasteiger partial charge is 0.269 e. The molecule has 5 nitrogen and oxygen atoms in total. The largest absolute Gasteiger partial charge is 0.388 e. The molecule has 0 saturated carbocycles. The molecule has 0 aliphatic rings. The molecule has 92 valence electrons. The van der Waals surface area contributed by atoms with Gasteiger partial charge in [-0.3, -0.25) is 14.9 Å². The molecule has 17 heavy (non-hydrogen) atoms. The summed E-state index contributed by atoms with van der Waals surface area (Å²) < 4.78 is 0. The minimum Gasteiger partial charge on any atom is -0.388 e. The maximum atomic E-state index is 11.4. The van der Waals surface area contributed by atoms with Crippen molar-refractivity contribution in [2.75, 3.05) is 0 Å². The lowest BCUT2D eigenvalue weighted by Crippen LogP contribution is -2.18. The zero-order valence-corrected chi connectivity index (χ0v) is 9.79. The molecule has 0 fully saturated rings. The highest BCUT2D eigenvalue weighted by Gasteiger charge is 2.22. The zero-order valence-electron chi connectivity index (χ0n) is 9.79. The summed E-state index contributed by atoms with van der Waals surface area (Å²) in [4.78, 5) is 21.4. The fourth-order valence-electron chi connectivity index (χ4n) is 1.58. The van der Waals surface area contributed by atoms with Crippen molar-refractivity contribution in [2.45, 2.75) is 26.4 Å². The van der Waals surface area contributed by atoms with Crippen molar-refractivity contribution in [3.63, 3.8) is 0 Å². The lowest BCUT2D eigenvalue weighted by Gasteiger charge is -2.17. The normalized spacial score (nSPS) is 14.1. The lowest BCUT2D eigenvalue weighted by molar-refractivity contribution is -0.384. The number of carbonyl (C=O) groups excluding carboxylic acids is 1. The molecule has 0 heterocycles. The molecule has 0 radical (unpaired) electrons. The van der Waals surface area contributed by atoms with Gasteiger partial charge in [-0.15, -0.1) is 0 Å². The van der Waals surface area contributed by atoms with E-state index in [1.807, 2.05) is 0 Å². The quantitative estimate of drug-likeness (QED) is 0.629. The van der Waals surface area contributed by atoms with Crippen LogP contribution in [0.1, 0.15) is 31.9 Å². The van der Waals surface area contributed by atoms with Gasteiger partial charge in [0.05, 0.1) is 11.0 Å². The van der Waals surface area contributed by atoms with Crippen LogP contribution in [0, 0.1) is 16.0 Å². The molecule has 0 aromatic heterocycles. The first kappa shape index (κ1) is 13.3. The summed E-state index contributed by atoms with van der Waals surface area (Å²) in [6.07, 6.45) is -0.547. The highest BCUT2D eigenvalue weighted by atomic mass is 16.6. The Bertz CT molecular complexity index is 413. The van der Waals surface area contributed by atoms with Gasteiger partial charge in [0.25, 0.3) is 5.69 Å². The third kappa shape index (κ3) is 3.10. The van der Waals surface area contributed by atoms with Gasteiger partial charge in [0.1, 0.15) is 5.78 Å². The van der Waals surface area contributed by atoms with Crippen LogP contribution in [-0.4, -0.2) is 15.8 Å². The van der Waals surface area contributed by atoms with E-state index in [0.29, 0.717) is 12.0 Å². The SMILES string of the molecule is CCC(=O)[C@@H](C)[C@H](O)c1ccc([N+](=O)[O-])cc1. The van der Waals surface area contributed by atoms with Crippen LogP contribution in [0.4, 0.5) is 5.69 Å². The van der Waals surface area contributed by atoms with Crippen LogP contribution in [0.5, 0.6) is 0 Å². The Morgan fingerprint density at radius 2 is 1.94 bits per heavy atom. The minimum atomic E-state index is -0.914. The molecule has 0 spiro atoms. The summed E-state index contributed by atoms with van der Waals surface area (Å²) in [6.45, 7) is 3.39. The molecule has 2 atom stereocenters. The highest BCUT2D eigenvalue weighted by Crippen LogP contribution is 2.25. The maximum Gasteiger partial charge on any atom is 0.269 e. The number of benzene rings is 1. The van der Waals surface area contributed by atoms with Crippen LogP contribution in [-0.2, 0) is 4.79 Å². The fraction of sp³-hybridized carbons (Fsp3) is 0.417. The monoisotopic (exact) mass is 237 g/mol. The molecule has 0 unspecified atom stereocenters. The van der Waals surface area contributed by atoms with Crippen molar-refractivity contribution in [1.82, 2.24) is 0 Å². The number of rotatable bonds is 5. The Morgan fingerprint density at radius 3 is 2.35 bits per heavy atom. The fourth-order valence-corrected chi connectivity index (χ4v) is 1.58. The number of Topliss-reactive ketones (excluding diaryl/α,β-unsaturated/α-hetero) is 1. The Balaban J connectivity index is 2.86. The summed E-state index contributed by atoms with van der Waals surface area (Å²) in [7, 11) is 0. The topological polar surface area (TPSA) is 80.4 Å². The summed E-state index contributed by atoms with van der Waals surface area (Å²) in [5.74, 6) is -0.530. The van der Waals surface area contributed by atoms with Crippen LogP contribution in [0.15, 0.2) is 24.3 Å². The van der Waals surface area contributed by atoms with E-state index in [0.717, 1.165) is 0 Å². The van der Waals surface area contributed by atoms with Crippen LogP contribution >= 0.6 is 0 Å². The Hall–Kier alpha value is -1.75. The number of hydrogen-bond acceptors (Lipinski definition) is 4. The Kier molecular flexibility index (Phi) is 4.34. The van der Waals surface area contributed by atoms with Gasteiger partial charge in [-0.25, -0.2) is 0 Å². The average Bonchev–Trinajstić information content (AvgIpc) is 2.36. The van der Waals surface area contributed by atoms with Gasteiger partial charge >= 0.3 is 0 Å². The summed E-state index contributed by atoms with van der Waals surface area (Å²) >= 11 is 0. The Labute approximate surface area is 99.2 Å². The van der Waals surface area contributed by atoms with Crippen LogP contribution in [0.25, 0.3) is 0 Å². The second kappa shape index (κ2) is 5.54. The van der Waals surface area contributed by atoms with E-state index in [1.165, 1.54) is 24.3 Å². The number of nitrogens with zero attached hydrogens (tertiary/aromatic N) is 1. The number of nitro groups is 1. The molecular weight excluding hydrogens is 222 g/mol. The van der Waals surface area contributed by atoms with Crippen molar-refractivity contribution in [2.24, 2.45) is 5.92 Å². The van der Waals surface area contributed by atoms with Crippen molar-refractivity contribution in [1.29, 1.82) is 0 Å². The number of aliphatic hydroxyl groups excluding tert-OH is 1. The second-order valence-corrected chi connectivity index (χ2v) is 3.90. The molecule has 1 aromatic rings. The molecule has 0 aliphatic heterocycles. The molecule has 1 rings (SSSR count). The van der Waals surface area contributed by atoms with Gasteiger partial charge in [-0.2, -0.15) is 0 Å². The predicted molar refractivity (Wildman–Crippen MR) is 62.5 cm³/mol. The van der Waals surface area contributed by atoms with Gasteiger partial charge in [-0.05, 0) is 17.7 Å². The van der Waals surface area contributed by atoms with Crippen LogP contribution in [0.2, 0.25) is 0 Å². The van der Waals surface area contributed by atoms with Gasteiger partial charge in [0.15, 0.2) is 0 Å².